The lowest BCUT2D eigenvalue weighted by molar-refractivity contribution is 0.504. The van der Waals surface area contributed by atoms with Gasteiger partial charge in [0, 0.05) is 11.1 Å². The molecule has 0 saturated heterocycles. The van der Waals surface area contributed by atoms with Crippen LogP contribution in [0.25, 0.3) is 5.57 Å². The molecule has 128 valence electrons. The zero-order valence-corrected chi connectivity index (χ0v) is 13.6. The average Bonchev–Trinajstić information content (AvgIpc) is 2.92. The molecule has 0 aliphatic heterocycles. The van der Waals surface area contributed by atoms with Crippen molar-refractivity contribution < 1.29 is 17.6 Å². The van der Waals surface area contributed by atoms with Crippen LogP contribution in [0, 0.1) is 11.6 Å². The molecule has 0 spiro atoms. The first kappa shape index (κ1) is 18.2. The molecule has 0 bridgehead atoms. The Bertz CT molecular complexity index is 719. The van der Waals surface area contributed by atoms with Gasteiger partial charge in [-0.15, -0.1) is 6.58 Å². The fourth-order valence-corrected chi connectivity index (χ4v) is 2.80. The minimum absolute atomic E-state index is 0.171. The number of hydrogen-bond donors (Lipinski definition) is 0. The van der Waals surface area contributed by atoms with Gasteiger partial charge in [0.25, 0.3) is 0 Å². The molecule has 0 amide bonds. The SMILES string of the molecule is C=CCCCC/C=C/C1=C(C(/F)=C(\C)F)c2c(ccc(F)c2F)C1. The summed E-state index contributed by atoms with van der Waals surface area (Å²) < 4.78 is 55.3. The quantitative estimate of drug-likeness (QED) is 0.293. The molecule has 1 aliphatic rings. The van der Waals surface area contributed by atoms with Crippen LogP contribution in [0.15, 0.2) is 54.2 Å². The van der Waals surface area contributed by atoms with Gasteiger partial charge in [0.1, 0.15) is 5.83 Å². The number of halogens is 4. The van der Waals surface area contributed by atoms with Gasteiger partial charge in [-0.25, -0.2) is 17.6 Å². The number of fused-ring (bicyclic) bond motifs is 1. The van der Waals surface area contributed by atoms with Crippen molar-refractivity contribution >= 4 is 5.57 Å². The smallest absolute Gasteiger partial charge is 0.167 e. The van der Waals surface area contributed by atoms with E-state index in [1.165, 1.54) is 6.07 Å². The van der Waals surface area contributed by atoms with Gasteiger partial charge >= 0.3 is 0 Å². The predicted molar refractivity (Wildman–Crippen MR) is 89.7 cm³/mol. The summed E-state index contributed by atoms with van der Waals surface area (Å²) in [6.45, 7) is 4.62. The molecule has 0 atom stereocenters. The van der Waals surface area contributed by atoms with Crippen LogP contribution in [0.2, 0.25) is 0 Å². The Morgan fingerprint density at radius 2 is 1.88 bits per heavy atom. The summed E-state index contributed by atoms with van der Waals surface area (Å²) in [4.78, 5) is 0. The summed E-state index contributed by atoms with van der Waals surface area (Å²) in [6.07, 6.45) is 9.29. The highest BCUT2D eigenvalue weighted by Crippen LogP contribution is 2.42. The minimum Gasteiger partial charge on any atom is -0.209 e. The monoisotopic (exact) mass is 336 g/mol. The Morgan fingerprint density at radius 3 is 2.54 bits per heavy atom. The van der Waals surface area contributed by atoms with Crippen molar-refractivity contribution in [2.75, 3.05) is 0 Å². The number of rotatable bonds is 7. The lowest BCUT2D eigenvalue weighted by Gasteiger charge is -2.07. The molecule has 0 unspecified atom stereocenters. The highest BCUT2D eigenvalue weighted by molar-refractivity contribution is 5.87. The zero-order chi connectivity index (χ0) is 17.7. The van der Waals surface area contributed by atoms with E-state index in [2.05, 4.69) is 6.58 Å². The van der Waals surface area contributed by atoms with Gasteiger partial charge in [-0.05, 0) is 56.2 Å². The third-order valence-electron chi connectivity index (χ3n) is 4.00. The number of allylic oxidation sites excluding steroid dienone is 7. The van der Waals surface area contributed by atoms with E-state index in [-0.39, 0.29) is 17.6 Å². The van der Waals surface area contributed by atoms with Crippen LogP contribution in [0.4, 0.5) is 17.6 Å². The fraction of sp³-hybridized carbons (Fsp3) is 0.300. The third-order valence-corrected chi connectivity index (χ3v) is 4.00. The van der Waals surface area contributed by atoms with Gasteiger partial charge in [0.05, 0.1) is 0 Å². The lowest BCUT2D eigenvalue weighted by atomic mass is 10.0. The molecule has 0 nitrogen and oxygen atoms in total. The van der Waals surface area contributed by atoms with Crippen molar-refractivity contribution in [3.05, 3.63) is 76.9 Å². The molecule has 0 radical (unpaired) electrons. The van der Waals surface area contributed by atoms with Crippen molar-refractivity contribution in [2.45, 2.75) is 39.0 Å². The average molecular weight is 336 g/mol. The van der Waals surface area contributed by atoms with Gasteiger partial charge in [-0.1, -0.05) is 24.3 Å². The van der Waals surface area contributed by atoms with Gasteiger partial charge in [0.2, 0.25) is 0 Å². The van der Waals surface area contributed by atoms with Gasteiger partial charge in [0.15, 0.2) is 17.5 Å². The first-order chi connectivity index (χ1) is 11.5. The van der Waals surface area contributed by atoms with Crippen molar-refractivity contribution in [2.24, 2.45) is 0 Å². The van der Waals surface area contributed by atoms with E-state index in [1.54, 1.807) is 6.08 Å². The Morgan fingerprint density at radius 1 is 1.17 bits per heavy atom. The number of unbranched alkanes of at least 4 members (excludes halogenated alkanes) is 3. The Balaban J connectivity index is 2.34. The topological polar surface area (TPSA) is 0 Å². The van der Waals surface area contributed by atoms with Crippen LogP contribution in [0.1, 0.15) is 43.7 Å². The Kier molecular flexibility index (Phi) is 6.18. The highest BCUT2D eigenvalue weighted by Gasteiger charge is 2.29. The molecule has 0 N–H and O–H groups in total. The molecule has 1 aliphatic carbocycles. The van der Waals surface area contributed by atoms with E-state index in [0.717, 1.165) is 38.7 Å². The van der Waals surface area contributed by atoms with Crippen LogP contribution < -0.4 is 0 Å². The molecule has 24 heavy (non-hydrogen) atoms. The summed E-state index contributed by atoms with van der Waals surface area (Å²) in [7, 11) is 0. The second kappa shape index (κ2) is 8.13. The Hall–Kier alpha value is -2.10. The molecule has 0 aromatic heterocycles. The van der Waals surface area contributed by atoms with Crippen LogP contribution in [-0.4, -0.2) is 0 Å². The van der Waals surface area contributed by atoms with Crippen LogP contribution >= 0.6 is 0 Å². The minimum atomic E-state index is -1.13. The summed E-state index contributed by atoms with van der Waals surface area (Å²) >= 11 is 0. The molecule has 2 rings (SSSR count). The summed E-state index contributed by atoms with van der Waals surface area (Å²) in [6, 6.07) is 2.43. The fourth-order valence-electron chi connectivity index (χ4n) is 2.80. The maximum absolute atomic E-state index is 14.3. The molecule has 0 heterocycles. The molecule has 1 aromatic carbocycles. The summed E-state index contributed by atoms with van der Waals surface area (Å²) in [5, 5.41) is 0. The van der Waals surface area contributed by atoms with Crippen molar-refractivity contribution in [1.29, 1.82) is 0 Å². The van der Waals surface area contributed by atoms with Crippen LogP contribution in [-0.2, 0) is 6.42 Å². The summed E-state index contributed by atoms with van der Waals surface area (Å²) in [5.41, 5.74) is 0.583. The third kappa shape index (κ3) is 3.86. The maximum atomic E-state index is 14.3. The second-order valence-corrected chi connectivity index (χ2v) is 5.80. The van der Waals surface area contributed by atoms with Crippen molar-refractivity contribution in [3.8, 4) is 0 Å². The van der Waals surface area contributed by atoms with E-state index in [9.17, 15) is 17.6 Å². The molecule has 0 fully saturated rings. The first-order valence-electron chi connectivity index (χ1n) is 7.97. The summed E-state index contributed by atoms with van der Waals surface area (Å²) in [5.74, 6) is -4.37. The highest BCUT2D eigenvalue weighted by atomic mass is 19.2. The van der Waals surface area contributed by atoms with E-state index in [1.807, 2.05) is 12.2 Å². The van der Waals surface area contributed by atoms with Crippen molar-refractivity contribution in [3.63, 3.8) is 0 Å². The van der Waals surface area contributed by atoms with Gasteiger partial charge < -0.3 is 0 Å². The van der Waals surface area contributed by atoms with E-state index in [4.69, 9.17) is 0 Å². The standard InChI is InChI=1S/C20H20F4/c1-3-4-5-6-7-8-9-14-12-15-10-11-16(22)20(24)18(15)17(14)19(23)13(2)21/h3,8-11H,1,4-7,12H2,2H3/b9-8+,19-13-. The van der Waals surface area contributed by atoms with E-state index >= 15 is 0 Å². The maximum Gasteiger partial charge on any atom is 0.167 e. The molecule has 4 heteroatoms. The van der Waals surface area contributed by atoms with Gasteiger partial charge in [-0.2, -0.15) is 0 Å². The van der Waals surface area contributed by atoms with Crippen molar-refractivity contribution in [1.82, 2.24) is 0 Å². The normalized spacial score (nSPS) is 15.0. The molecule has 0 saturated carbocycles. The molecular weight excluding hydrogens is 316 g/mol. The van der Waals surface area contributed by atoms with Crippen LogP contribution in [0.3, 0.4) is 0 Å². The Labute approximate surface area is 139 Å². The van der Waals surface area contributed by atoms with E-state index in [0.29, 0.717) is 11.1 Å². The molecule has 1 aromatic rings. The predicted octanol–water partition coefficient (Wildman–Crippen LogP) is 6.75. The number of hydrogen-bond acceptors (Lipinski definition) is 0. The van der Waals surface area contributed by atoms with Gasteiger partial charge in [-0.3, -0.25) is 0 Å². The zero-order valence-electron chi connectivity index (χ0n) is 13.6. The van der Waals surface area contributed by atoms with Crippen LogP contribution in [0.5, 0.6) is 0 Å². The van der Waals surface area contributed by atoms with E-state index < -0.39 is 23.3 Å². The second-order valence-electron chi connectivity index (χ2n) is 5.80. The molecular formula is C20H20F4. The largest absolute Gasteiger partial charge is 0.209 e. The first-order valence-corrected chi connectivity index (χ1v) is 7.97. The lowest BCUT2D eigenvalue weighted by Crippen LogP contribution is -1.96. The number of benzene rings is 1.